The van der Waals surface area contributed by atoms with E-state index in [0.717, 1.165) is 6.26 Å². The summed E-state index contributed by atoms with van der Waals surface area (Å²) in [5.74, 6) is -0.619. The van der Waals surface area contributed by atoms with Gasteiger partial charge >= 0.3 is 0 Å². The number of amides is 1. The van der Waals surface area contributed by atoms with E-state index < -0.39 is 20.5 Å². The Kier molecular flexibility index (Phi) is 3.92. The van der Waals surface area contributed by atoms with Gasteiger partial charge in [-0.1, -0.05) is 11.6 Å². The van der Waals surface area contributed by atoms with Crippen molar-refractivity contribution >= 4 is 38.7 Å². The molecule has 1 aromatic carbocycles. The van der Waals surface area contributed by atoms with Gasteiger partial charge in [-0.25, -0.2) is 8.42 Å². The highest BCUT2D eigenvalue weighted by atomic mass is 35.5. The molecule has 0 saturated carbocycles. The SMILES string of the molecule is CC(C)(C(=O)Nc1ccc(Cl)c(N)c1)S(C)(=O)=O. The molecule has 0 heterocycles. The van der Waals surface area contributed by atoms with Crippen LogP contribution in [0.3, 0.4) is 0 Å². The summed E-state index contributed by atoms with van der Waals surface area (Å²) in [4.78, 5) is 11.9. The van der Waals surface area contributed by atoms with Crippen molar-refractivity contribution < 1.29 is 13.2 Å². The Balaban J connectivity index is 2.99. The van der Waals surface area contributed by atoms with E-state index in [0.29, 0.717) is 16.4 Å². The lowest BCUT2D eigenvalue weighted by Gasteiger charge is -2.21. The first-order chi connectivity index (χ1) is 8.05. The quantitative estimate of drug-likeness (QED) is 0.829. The van der Waals surface area contributed by atoms with Crippen LogP contribution in [0.25, 0.3) is 0 Å². The molecule has 0 radical (unpaired) electrons. The monoisotopic (exact) mass is 290 g/mol. The molecule has 0 fully saturated rings. The molecule has 0 bridgehead atoms. The van der Waals surface area contributed by atoms with Gasteiger partial charge in [-0.05, 0) is 32.0 Å². The molecule has 0 aliphatic carbocycles. The number of hydrogen-bond donors (Lipinski definition) is 2. The minimum Gasteiger partial charge on any atom is -0.397 e. The maximum absolute atomic E-state index is 11.9. The normalized spacial score (nSPS) is 12.2. The molecule has 0 atom stereocenters. The van der Waals surface area contributed by atoms with Gasteiger partial charge in [0.1, 0.15) is 4.75 Å². The van der Waals surface area contributed by atoms with Crippen LogP contribution in [-0.4, -0.2) is 25.3 Å². The minimum absolute atomic E-state index is 0.312. The standard InChI is InChI=1S/C11H15ClN2O3S/c1-11(2,18(3,16)17)10(15)14-7-4-5-8(12)9(13)6-7/h4-6H,13H2,1-3H3,(H,14,15). The van der Waals surface area contributed by atoms with Gasteiger partial charge in [0, 0.05) is 11.9 Å². The summed E-state index contributed by atoms with van der Waals surface area (Å²) in [7, 11) is -3.51. The number of hydrogen-bond acceptors (Lipinski definition) is 4. The molecule has 18 heavy (non-hydrogen) atoms. The second kappa shape index (κ2) is 4.78. The molecule has 0 unspecified atom stereocenters. The maximum Gasteiger partial charge on any atom is 0.245 e. The third-order valence-electron chi connectivity index (χ3n) is 2.73. The van der Waals surface area contributed by atoms with Gasteiger partial charge < -0.3 is 11.1 Å². The molecular formula is C11H15ClN2O3S. The van der Waals surface area contributed by atoms with E-state index in [1.165, 1.54) is 26.0 Å². The number of halogens is 1. The van der Waals surface area contributed by atoms with Crippen LogP contribution in [-0.2, 0) is 14.6 Å². The lowest BCUT2D eigenvalue weighted by atomic mass is 10.2. The minimum atomic E-state index is -3.51. The van der Waals surface area contributed by atoms with Crippen LogP contribution in [0.4, 0.5) is 11.4 Å². The first kappa shape index (κ1) is 14.8. The van der Waals surface area contributed by atoms with Crippen molar-refractivity contribution in [2.24, 2.45) is 0 Å². The zero-order valence-corrected chi connectivity index (χ0v) is 11.9. The number of sulfone groups is 1. The van der Waals surface area contributed by atoms with E-state index in [1.807, 2.05) is 0 Å². The predicted molar refractivity (Wildman–Crippen MR) is 73.4 cm³/mol. The molecule has 3 N–H and O–H groups in total. The molecule has 0 aromatic heterocycles. The Hall–Kier alpha value is -1.27. The maximum atomic E-state index is 11.9. The number of rotatable bonds is 3. The third kappa shape index (κ3) is 2.94. The number of nitrogen functional groups attached to an aromatic ring is 1. The van der Waals surface area contributed by atoms with E-state index in [4.69, 9.17) is 17.3 Å². The molecule has 100 valence electrons. The van der Waals surface area contributed by atoms with Gasteiger partial charge in [0.05, 0.1) is 10.7 Å². The first-order valence-electron chi connectivity index (χ1n) is 5.12. The van der Waals surface area contributed by atoms with Crippen LogP contribution in [0.2, 0.25) is 5.02 Å². The number of nitrogens with two attached hydrogens (primary N) is 1. The van der Waals surface area contributed by atoms with Crippen LogP contribution in [0.15, 0.2) is 18.2 Å². The average Bonchev–Trinajstić information content (AvgIpc) is 2.21. The fraction of sp³-hybridized carbons (Fsp3) is 0.364. The third-order valence-corrected chi connectivity index (χ3v) is 5.11. The van der Waals surface area contributed by atoms with Crippen molar-refractivity contribution in [3.8, 4) is 0 Å². The Morgan fingerprint density at radius 1 is 1.39 bits per heavy atom. The number of anilines is 2. The lowest BCUT2D eigenvalue weighted by Crippen LogP contribution is -2.43. The molecule has 1 rings (SSSR count). The molecular weight excluding hydrogens is 276 g/mol. The summed E-state index contributed by atoms with van der Waals surface area (Å²) in [6, 6.07) is 4.55. The van der Waals surface area contributed by atoms with Crippen LogP contribution >= 0.6 is 11.6 Å². The van der Waals surface area contributed by atoms with Gasteiger partial charge in [0.15, 0.2) is 9.84 Å². The van der Waals surface area contributed by atoms with Crippen LogP contribution < -0.4 is 11.1 Å². The second-order valence-electron chi connectivity index (χ2n) is 4.47. The van der Waals surface area contributed by atoms with Gasteiger partial charge in [0.2, 0.25) is 5.91 Å². The zero-order valence-electron chi connectivity index (χ0n) is 10.3. The Labute approximate surface area is 111 Å². The largest absolute Gasteiger partial charge is 0.397 e. The molecule has 7 heteroatoms. The number of carbonyl (C=O) groups excluding carboxylic acids is 1. The number of nitrogens with one attached hydrogen (secondary N) is 1. The smallest absolute Gasteiger partial charge is 0.245 e. The summed E-state index contributed by atoms with van der Waals surface area (Å²) in [5.41, 5.74) is 6.30. The summed E-state index contributed by atoms with van der Waals surface area (Å²) >= 11 is 5.75. The van der Waals surface area contributed by atoms with Gasteiger partial charge in [-0.3, -0.25) is 4.79 Å². The summed E-state index contributed by atoms with van der Waals surface area (Å²) in [6.45, 7) is 2.69. The van der Waals surface area contributed by atoms with E-state index in [9.17, 15) is 13.2 Å². The molecule has 0 aliphatic heterocycles. The van der Waals surface area contributed by atoms with E-state index >= 15 is 0 Å². The predicted octanol–water partition coefficient (Wildman–Crippen LogP) is 1.68. The Morgan fingerprint density at radius 2 is 1.94 bits per heavy atom. The second-order valence-corrected chi connectivity index (χ2v) is 7.45. The Morgan fingerprint density at radius 3 is 2.39 bits per heavy atom. The summed E-state index contributed by atoms with van der Waals surface area (Å²) in [6.07, 6.45) is 1.02. The van der Waals surface area contributed by atoms with Crippen LogP contribution in [0.5, 0.6) is 0 Å². The lowest BCUT2D eigenvalue weighted by molar-refractivity contribution is -0.117. The van der Waals surface area contributed by atoms with Gasteiger partial charge in [-0.2, -0.15) is 0 Å². The van der Waals surface area contributed by atoms with Gasteiger partial charge in [-0.15, -0.1) is 0 Å². The van der Waals surface area contributed by atoms with Crippen molar-refractivity contribution in [1.82, 2.24) is 0 Å². The number of carbonyl (C=O) groups is 1. The molecule has 1 aromatic rings. The number of benzene rings is 1. The fourth-order valence-electron chi connectivity index (χ4n) is 1.07. The van der Waals surface area contributed by atoms with E-state index in [1.54, 1.807) is 6.07 Å². The van der Waals surface area contributed by atoms with Crippen molar-refractivity contribution in [3.05, 3.63) is 23.2 Å². The molecule has 0 aliphatic rings. The van der Waals surface area contributed by atoms with Crippen molar-refractivity contribution in [1.29, 1.82) is 0 Å². The highest BCUT2D eigenvalue weighted by molar-refractivity contribution is 7.92. The van der Waals surface area contributed by atoms with Crippen LogP contribution in [0.1, 0.15) is 13.8 Å². The van der Waals surface area contributed by atoms with E-state index in [2.05, 4.69) is 5.32 Å². The molecule has 5 nitrogen and oxygen atoms in total. The van der Waals surface area contributed by atoms with Crippen LogP contribution in [0, 0.1) is 0 Å². The average molecular weight is 291 g/mol. The fourth-order valence-corrected chi connectivity index (χ4v) is 1.58. The highest BCUT2D eigenvalue weighted by Gasteiger charge is 2.38. The molecule has 1 amide bonds. The first-order valence-corrected chi connectivity index (χ1v) is 7.38. The topological polar surface area (TPSA) is 89.3 Å². The summed E-state index contributed by atoms with van der Waals surface area (Å²) in [5, 5.41) is 2.87. The van der Waals surface area contributed by atoms with Crippen molar-refractivity contribution in [2.75, 3.05) is 17.3 Å². The molecule has 0 saturated heterocycles. The summed E-state index contributed by atoms with van der Waals surface area (Å²) < 4.78 is 21.5. The van der Waals surface area contributed by atoms with Crippen molar-refractivity contribution in [2.45, 2.75) is 18.6 Å². The van der Waals surface area contributed by atoms with Gasteiger partial charge in [0.25, 0.3) is 0 Å². The Bertz CT molecular complexity index is 582. The van der Waals surface area contributed by atoms with E-state index in [-0.39, 0.29) is 0 Å². The molecule has 0 spiro atoms. The zero-order chi connectivity index (χ0) is 14.1. The van der Waals surface area contributed by atoms with Crippen molar-refractivity contribution in [3.63, 3.8) is 0 Å². The highest BCUT2D eigenvalue weighted by Crippen LogP contribution is 2.24.